The highest BCUT2D eigenvalue weighted by Gasteiger charge is 2.42. The number of halogens is 2. The lowest BCUT2D eigenvalue weighted by Gasteiger charge is -2.36. The molecule has 0 radical (unpaired) electrons. The molecule has 2 aliphatic rings. The third-order valence-corrected chi connectivity index (χ3v) is 5.63. The molecule has 1 saturated heterocycles. The van der Waals surface area contributed by atoms with Gasteiger partial charge in [0.1, 0.15) is 11.6 Å². The van der Waals surface area contributed by atoms with Crippen LogP contribution >= 0.6 is 0 Å². The van der Waals surface area contributed by atoms with Crippen LogP contribution in [0.5, 0.6) is 0 Å². The van der Waals surface area contributed by atoms with Gasteiger partial charge in [-0.05, 0) is 60.7 Å². The number of hydrogen-bond donors (Lipinski definition) is 2. The first-order valence-electron chi connectivity index (χ1n) is 9.26. The van der Waals surface area contributed by atoms with Crippen molar-refractivity contribution < 1.29 is 18.3 Å². The van der Waals surface area contributed by atoms with Crippen LogP contribution in [-0.2, 0) is 27.9 Å². The molecule has 0 saturated carbocycles. The molecular formula is C21H22F2N2O2. The summed E-state index contributed by atoms with van der Waals surface area (Å²) in [5, 5.41) is 6.01. The molecule has 4 rings (SSSR count). The average Bonchev–Trinajstić information content (AvgIpc) is 2.71. The largest absolute Gasteiger partial charge is 0.381 e. The van der Waals surface area contributed by atoms with E-state index >= 15 is 0 Å². The normalized spacial score (nSPS) is 18.6. The number of hydrogen-bond acceptors (Lipinski definition) is 3. The third-order valence-electron chi connectivity index (χ3n) is 5.63. The van der Waals surface area contributed by atoms with Crippen molar-refractivity contribution in [2.24, 2.45) is 0 Å². The van der Waals surface area contributed by atoms with Gasteiger partial charge in [-0.1, -0.05) is 18.2 Å². The standard InChI is InChI=1S/C21H22F2N2O2/c22-16-4-2-15(3-5-16)21(8-11-27-12-9-21)20(26)25-18-6-1-14-13-24-10-7-17(14)19(18)23/h1-6,24H,7-13H2,(H,25,26). The number of anilines is 1. The molecule has 0 bridgehead atoms. The van der Waals surface area contributed by atoms with E-state index in [1.54, 1.807) is 18.2 Å². The predicted molar refractivity (Wildman–Crippen MR) is 98.6 cm³/mol. The molecule has 2 aromatic carbocycles. The van der Waals surface area contributed by atoms with E-state index < -0.39 is 5.41 Å². The second-order valence-electron chi connectivity index (χ2n) is 7.15. The summed E-state index contributed by atoms with van der Waals surface area (Å²) in [7, 11) is 0. The number of fused-ring (bicyclic) bond motifs is 1. The van der Waals surface area contributed by atoms with Crippen molar-refractivity contribution >= 4 is 11.6 Å². The highest BCUT2D eigenvalue weighted by molar-refractivity contribution is 5.99. The summed E-state index contributed by atoms with van der Waals surface area (Å²) in [6, 6.07) is 9.45. The number of rotatable bonds is 3. The third kappa shape index (κ3) is 3.35. The van der Waals surface area contributed by atoms with Crippen molar-refractivity contribution in [2.45, 2.75) is 31.2 Å². The van der Waals surface area contributed by atoms with Crippen LogP contribution in [0.1, 0.15) is 29.5 Å². The van der Waals surface area contributed by atoms with Crippen LogP contribution in [0, 0.1) is 11.6 Å². The van der Waals surface area contributed by atoms with Gasteiger partial charge in [-0.25, -0.2) is 8.78 Å². The van der Waals surface area contributed by atoms with Gasteiger partial charge in [-0.15, -0.1) is 0 Å². The Morgan fingerprint density at radius 3 is 2.56 bits per heavy atom. The maximum absolute atomic E-state index is 14.9. The second kappa shape index (κ2) is 7.37. The summed E-state index contributed by atoms with van der Waals surface area (Å²) >= 11 is 0. The van der Waals surface area contributed by atoms with Crippen LogP contribution < -0.4 is 10.6 Å². The summed E-state index contributed by atoms with van der Waals surface area (Å²) in [4.78, 5) is 13.3. The van der Waals surface area contributed by atoms with Crippen LogP contribution in [0.15, 0.2) is 36.4 Å². The Balaban J connectivity index is 1.66. The van der Waals surface area contributed by atoms with E-state index in [4.69, 9.17) is 4.74 Å². The Bertz CT molecular complexity index is 846. The first-order valence-corrected chi connectivity index (χ1v) is 9.26. The number of amides is 1. The number of ether oxygens (including phenoxy) is 1. The van der Waals surface area contributed by atoms with Crippen molar-refractivity contribution in [1.82, 2.24) is 5.32 Å². The summed E-state index contributed by atoms with van der Waals surface area (Å²) in [6.45, 7) is 2.22. The van der Waals surface area contributed by atoms with E-state index in [2.05, 4.69) is 10.6 Å². The van der Waals surface area contributed by atoms with Gasteiger partial charge in [0.15, 0.2) is 0 Å². The number of nitrogens with one attached hydrogen (secondary N) is 2. The molecule has 0 aromatic heterocycles. The Morgan fingerprint density at radius 2 is 1.81 bits per heavy atom. The molecule has 0 aliphatic carbocycles. The number of carbonyl (C=O) groups excluding carboxylic acids is 1. The molecule has 1 amide bonds. The lowest BCUT2D eigenvalue weighted by Crippen LogP contribution is -2.45. The summed E-state index contributed by atoms with van der Waals surface area (Å²) in [6.07, 6.45) is 1.55. The zero-order valence-electron chi connectivity index (χ0n) is 15.0. The van der Waals surface area contributed by atoms with Gasteiger partial charge in [0.05, 0.1) is 11.1 Å². The van der Waals surface area contributed by atoms with Crippen LogP contribution in [-0.4, -0.2) is 25.7 Å². The Labute approximate surface area is 156 Å². The zero-order valence-corrected chi connectivity index (χ0v) is 15.0. The molecule has 1 fully saturated rings. The molecule has 2 aliphatic heterocycles. The van der Waals surface area contributed by atoms with E-state index in [0.29, 0.717) is 44.6 Å². The van der Waals surface area contributed by atoms with Gasteiger partial charge >= 0.3 is 0 Å². The molecule has 2 heterocycles. The van der Waals surface area contributed by atoms with E-state index in [1.165, 1.54) is 12.1 Å². The first-order chi connectivity index (χ1) is 13.1. The van der Waals surface area contributed by atoms with E-state index in [9.17, 15) is 13.6 Å². The minimum atomic E-state index is -0.851. The molecule has 142 valence electrons. The minimum Gasteiger partial charge on any atom is -0.381 e. The van der Waals surface area contributed by atoms with Crippen molar-refractivity contribution in [2.75, 3.05) is 25.1 Å². The fraction of sp³-hybridized carbons (Fsp3) is 0.381. The van der Waals surface area contributed by atoms with Gasteiger partial charge < -0.3 is 15.4 Å². The maximum Gasteiger partial charge on any atom is 0.235 e. The second-order valence-corrected chi connectivity index (χ2v) is 7.15. The van der Waals surface area contributed by atoms with Crippen LogP contribution in [0.2, 0.25) is 0 Å². The Kier molecular flexibility index (Phi) is 4.93. The highest BCUT2D eigenvalue weighted by atomic mass is 19.1. The van der Waals surface area contributed by atoms with Gasteiger partial charge in [-0.2, -0.15) is 0 Å². The van der Waals surface area contributed by atoms with Crippen molar-refractivity contribution in [1.29, 1.82) is 0 Å². The smallest absolute Gasteiger partial charge is 0.235 e. The molecule has 6 heteroatoms. The monoisotopic (exact) mass is 372 g/mol. The predicted octanol–water partition coefficient (Wildman–Crippen LogP) is 3.30. The Morgan fingerprint density at radius 1 is 1.07 bits per heavy atom. The van der Waals surface area contributed by atoms with Crippen LogP contribution in [0.3, 0.4) is 0 Å². The highest BCUT2D eigenvalue weighted by Crippen LogP contribution is 2.37. The summed E-state index contributed by atoms with van der Waals surface area (Å²) < 4.78 is 33.7. The maximum atomic E-state index is 14.9. The van der Waals surface area contributed by atoms with E-state index in [1.807, 2.05) is 6.07 Å². The molecular weight excluding hydrogens is 350 g/mol. The number of carbonyl (C=O) groups is 1. The summed E-state index contributed by atoms with van der Waals surface area (Å²) in [5.41, 5.74) is 1.67. The van der Waals surface area contributed by atoms with Crippen molar-refractivity contribution in [3.8, 4) is 0 Å². The molecule has 0 spiro atoms. The van der Waals surface area contributed by atoms with E-state index in [0.717, 1.165) is 17.7 Å². The lowest BCUT2D eigenvalue weighted by molar-refractivity contribution is -0.125. The van der Waals surface area contributed by atoms with Gasteiger partial charge in [0, 0.05) is 19.8 Å². The van der Waals surface area contributed by atoms with Crippen LogP contribution in [0.25, 0.3) is 0 Å². The topological polar surface area (TPSA) is 50.4 Å². The van der Waals surface area contributed by atoms with Gasteiger partial charge in [0.2, 0.25) is 5.91 Å². The quantitative estimate of drug-likeness (QED) is 0.869. The fourth-order valence-electron chi connectivity index (χ4n) is 4.01. The average molecular weight is 372 g/mol. The van der Waals surface area contributed by atoms with Gasteiger partial charge in [-0.3, -0.25) is 4.79 Å². The van der Waals surface area contributed by atoms with E-state index in [-0.39, 0.29) is 23.2 Å². The molecule has 2 N–H and O–H groups in total. The molecule has 4 nitrogen and oxygen atoms in total. The fourth-order valence-corrected chi connectivity index (χ4v) is 4.01. The minimum absolute atomic E-state index is 0.202. The zero-order chi connectivity index (χ0) is 18.9. The van der Waals surface area contributed by atoms with Crippen LogP contribution in [0.4, 0.5) is 14.5 Å². The SMILES string of the molecule is O=C(Nc1ccc2c(c1F)CCNC2)C1(c2ccc(F)cc2)CCOCC1. The van der Waals surface area contributed by atoms with Gasteiger partial charge in [0.25, 0.3) is 0 Å². The summed E-state index contributed by atoms with van der Waals surface area (Å²) in [5.74, 6) is -0.982. The molecule has 0 unspecified atom stereocenters. The lowest BCUT2D eigenvalue weighted by atomic mass is 9.73. The molecule has 27 heavy (non-hydrogen) atoms. The number of benzene rings is 2. The van der Waals surface area contributed by atoms with Crippen molar-refractivity contribution in [3.63, 3.8) is 0 Å². The first kappa shape index (κ1) is 18.1. The Hall–Kier alpha value is -2.31. The van der Waals surface area contributed by atoms with Crippen molar-refractivity contribution in [3.05, 3.63) is 64.7 Å². The molecule has 0 atom stereocenters. The molecule has 2 aromatic rings.